The lowest BCUT2D eigenvalue weighted by Crippen LogP contribution is -2.30. The van der Waals surface area contributed by atoms with Gasteiger partial charge < -0.3 is 16.4 Å². The summed E-state index contributed by atoms with van der Waals surface area (Å²) in [6.07, 6.45) is 1.55. The van der Waals surface area contributed by atoms with E-state index in [0.29, 0.717) is 11.4 Å². The van der Waals surface area contributed by atoms with Gasteiger partial charge in [-0.25, -0.2) is 0 Å². The maximum atomic E-state index is 12.3. The van der Waals surface area contributed by atoms with E-state index in [1.807, 2.05) is 45.0 Å². The Hall–Kier alpha value is -2.82. The maximum absolute atomic E-state index is 12.3. The van der Waals surface area contributed by atoms with Crippen molar-refractivity contribution < 1.29 is 9.59 Å². The average molecular weight is 325 g/mol. The zero-order valence-corrected chi connectivity index (χ0v) is 14.3. The van der Waals surface area contributed by atoms with Gasteiger partial charge in [0.25, 0.3) is 0 Å². The van der Waals surface area contributed by atoms with Gasteiger partial charge in [0, 0.05) is 5.69 Å². The van der Waals surface area contributed by atoms with Gasteiger partial charge in [0.1, 0.15) is 0 Å². The fraction of sp³-hybridized carbons (Fsp3) is 0.263. The molecule has 0 aliphatic carbocycles. The van der Waals surface area contributed by atoms with Crippen LogP contribution in [0.15, 0.2) is 36.4 Å². The number of hydrogen-bond acceptors (Lipinski definition) is 3. The number of hydrogen-bond donors (Lipinski definition) is 3. The molecule has 24 heavy (non-hydrogen) atoms. The topological polar surface area (TPSA) is 84.2 Å². The van der Waals surface area contributed by atoms with Crippen LogP contribution < -0.4 is 16.4 Å². The second-order valence-corrected chi connectivity index (χ2v) is 5.66. The van der Waals surface area contributed by atoms with E-state index in [1.165, 1.54) is 0 Å². The zero-order chi connectivity index (χ0) is 17.7. The number of aryl methyl sites for hydroxylation is 3. The third-order valence-corrected chi connectivity index (χ3v) is 3.90. The molecule has 0 aromatic heterocycles. The predicted molar refractivity (Wildman–Crippen MR) is 98.0 cm³/mol. The van der Waals surface area contributed by atoms with E-state index in [9.17, 15) is 9.59 Å². The molecule has 0 fully saturated rings. The van der Waals surface area contributed by atoms with Crippen LogP contribution in [-0.2, 0) is 22.4 Å². The molecule has 0 unspecified atom stereocenters. The molecule has 2 aromatic carbocycles. The molecule has 2 rings (SSSR count). The van der Waals surface area contributed by atoms with Crippen molar-refractivity contribution >= 4 is 28.9 Å². The van der Waals surface area contributed by atoms with E-state index < -0.39 is 11.8 Å². The van der Waals surface area contributed by atoms with Crippen molar-refractivity contribution in [1.29, 1.82) is 0 Å². The smallest absolute Gasteiger partial charge is 0.314 e. The highest BCUT2D eigenvalue weighted by Crippen LogP contribution is 2.23. The Kier molecular flexibility index (Phi) is 5.58. The molecule has 2 amide bonds. The van der Waals surface area contributed by atoms with Crippen LogP contribution in [0, 0.1) is 6.92 Å². The summed E-state index contributed by atoms with van der Waals surface area (Å²) in [5.74, 6) is -1.44. The Morgan fingerprint density at radius 1 is 0.958 bits per heavy atom. The summed E-state index contributed by atoms with van der Waals surface area (Å²) in [6.45, 7) is 5.91. The standard InChI is InChI=1S/C19H23N3O2/c1-4-13-7-6-8-14(5-2)17(13)22-19(24)18(23)21-16-11-12(3)9-10-15(16)20/h6-11H,4-5,20H2,1-3H3,(H,21,23)(H,22,24). The molecular formula is C19H23N3O2. The van der Waals surface area contributed by atoms with E-state index in [-0.39, 0.29) is 0 Å². The summed E-state index contributed by atoms with van der Waals surface area (Å²) < 4.78 is 0. The minimum absolute atomic E-state index is 0.421. The number of benzene rings is 2. The second kappa shape index (κ2) is 7.64. The van der Waals surface area contributed by atoms with E-state index in [0.717, 1.165) is 35.2 Å². The van der Waals surface area contributed by atoms with Crippen LogP contribution in [0.2, 0.25) is 0 Å². The molecule has 0 heterocycles. The SMILES string of the molecule is CCc1cccc(CC)c1NC(=O)C(=O)Nc1cc(C)ccc1N. The molecule has 5 nitrogen and oxygen atoms in total. The molecule has 0 aliphatic rings. The molecule has 0 spiro atoms. The van der Waals surface area contributed by atoms with E-state index >= 15 is 0 Å². The molecule has 0 aliphatic heterocycles. The van der Waals surface area contributed by atoms with Crippen LogP contribution in [0.3, 0.4) is 0 Å². The molecule has 4 N–H and O–H groups in total. The quantitative estimate of drug-likeness (QED) is 0.596. The van der Waals surface area contributed by atoms with Crippen LogP contribution in [-0.4, -0.2) is 11.8 Å². The van der Waals surface area contributed by atoms with Crippen LogP contribution >= 0.6 is 0 Å². The number of amides is 2. The highest BCUT2D eigenvalue weighted by atomic mass is 16.2. The summed E-state index contributed by atoms with van der Waals surface area (Å²) in [5.41, 5.74) is 10.4. The Bertz CT molecular complexity index is 747. The van der Waals surface area contributed by atoms with Crippen molar-refractivity contribution in [2.24, 2.45) is 0 Å². The Balaban J connectivity index is 2.18. The van der Waals surface area contributed by atoms with Crippen molar-refractivity contribution in [3.05, 3.63) is 53.1 Å². The molecule has 0 bridgehead atoms. The highest BCUT2D eigenvalue weighted by Gasteiger charge is 2.18. The van der Waals surface area contributed by atoms with Gasteiger partial charge in [-0.15, -0.1) is 0 Å². The minimum Gasteiger partial charge on any atom is -0.397 e. The van der Waals surface area contributed by atoms with Crippen molar-refractivity contribution in [2.75, 3.05) is 16.4 Å². The normalized spacial score (nSPS) is 10.3. The number of rotatable bonds is 4. The van der Waals surface area contributed by atoms with E-state index in [1.54, 1.807) is 12.1 Å². The van der Waals surface area contributed by atoms with Gasteiger partial charge in [-0.05, 0) is 48.6 Å². The largest absolute Gasteiger partial charge is 0.397 e. The first kappa shape index (κ1) is 17.5. The van der Waals surface area contributed by atoms with Gasteiger partial charge in [0.2, 0.25) is 0 Å². The number of carbonyl (C=O) groups is 2. The van der Waals surface area contributed by atoms with Crippen LogP contribution in [0.5, 0.6) is 0 Å². The molecule has 0 radical (unpaired) electrons. The summed E-state index contributed by atoms with van der Waals surface area (Å²) in [4.78, 5) is 24.5. The second-order valence-electron chi connectivity index (χ2n) is 5.66. The van der Waals surface area contributed by atoms with Gasteiger partial charge in [-0.1, -0.05) is 38.1 Å². The summed E-state index contributed by atoms with van der Waals surface area (Å²) in [5, 5.41) is 5.31. The van der Waals surface area contributed by atoms with E-state index in [2.05, 4.69) is 10.6 Å². The molecule has 5 heteroatoms. The molecule has 0 saturated carbocycles. The zero-order valence-electron chi connectivity index (χ0n) is 14.3. The molecule has 0 saturated heterocycles. The maximum Gasteiger partial charge on any atom is 0.314 e. The first-order valence-corrected chi connectivity index (χ1v) is 8.05. The van der Waals surface area contributed by atoms with Gasteiger partial charge in [-0.2, -0.15) is 0 Å². The number of nitrogen functional groups attached to an aromatic ring is 1. The molecule has 0 atom stereocenters. The molecular weight excluding hydrogens is 302 g/mol. The van der Waals surface area contributed by atoms with Gasteiger partial charge in [0.05, 0.1) is 11.4 Å². The van der Waals surface area contributed by atoms with Gasteiger partial charge in [-0.3, -0.25) is 9.59 Å². The minimum atomic E-state index is -0.736. The van der Waals surface area contributed by atoms with Gasteiger partial charge >= 0.3 is 11.8 Å². The molecule has 126 valence electrons. The number of nitrogens with two attached hydrogens (primary N) is 1. The fourth-order valence-electron chi connectivity index (χ4n) is 2.53. The first-order valence-electron chi connectivity index (χ1n) is 8.05. The van der Waals surface area contributed by atoms with E-state index in [4.69, 9.17) is 5.73 Å². The highest BCUT2D eigenvalue weighted by molar-refractivity contribution is 6.44. The Morgan fingerprint density at radius 2 is 1.54 bits per heavy atom. The molecule has 2 aromatic rings. The van der Waals surface area contributed by atoms with Gasteiger partial charge in [0.15, 0.2) is 0 Å². The monoisotopic (exact) mass is 325 g/mol. The van der Waals surface area contributed by atoms with Crippen LogP contribution in [0.4, 0.5) is 17.1 Å². The van der Waals surface area contributed by atoms with Crippen LogP contribution in [0.25, 0.3) is 0 Å². The average Bonchev–Trinajstić information content (AvgIpc) is 2.58. The number of carbonyl (C=O) groups excluding carboxylic acids is 2. The fourth-order valence-corrected chi connectivity index (χ4v) is 2.53. The lowest BCUT2D eigenvalue weighted by Gasteiger charge is -2.14. The summed E-state index contributed by atoms with van der Waals surface area (Å²) in [6, 6.07) is 11.1. The lowest BCUT2D eigenvalue weighted by atomic mass is 10.0. The predicted octanol–water partition coefficient (Wildman–Crippen LogP) is 3.28. The number of para-hydroxylation sites is 1. The Morgan fingerprint density at radius 3 is 2.12 bits per heavy atom. The first-order chi connectivity index (χ1) is 11.5. The summed E-state index contributed by atoms with van der Waals surface area (Å²) in [7, 11) is 0. The Labute approximate surface area is 142 Å². The van der Waals surface area contributed by atoms with Crippen molar-refractivity contribution in [1.82, 2.24) is 0 Å². The summed E-state index contributed by atoms with van der Waals surface area (Å²) >= 11 is 0. The third-order valence-electron chi connectivity index (χ3n) is 3.90. The lowest BCUT2D eigenvalue weighted by molar-refractivity contribution is -0.133. The van der Waals surface area contributed by atoms with Crippen molar-refractivity contribution in [2.45, 2.75) is 33.6 Å². The number of anilines is 3. The number of nitrogens with one attached hydrogen (secondary N) is 2. The van der Waals surface area contributed by atoms with Crippen molar-refractivity contribution in [3.63, 3.8) is 0 Å². The van der Waals surface area contributed by atoms with Crippen molar-refractivity contribution in [3.8, 4) is 0 Å². The van der Waals surface area contributed by atoms with Crippen LogP contribution in [0.1, 0.15) is 30.5 Å². The third kappa shape index (κ3) is 3.93.